The van der Waals surface area contributed by atoms with Gasteiger partial charge in [0.1, 0.15) is 28.3 Å². The van der Waals surface area contributed by atoms with E-state index in [0.29, 0.717) is 41.0 Å². The van der Waals surface area contributed by atoms with Crippen molar-refractivity contribution in [2.24, 2.45) is 10.9 Å². The summed E-state index contributed by atoms with van der Waals surface area (Å²) in [5, 5.41) is 6.22. The van der Waals surface area contributed by atoms with Gasteiger partial charge in [0.15, 0.2) is 0 Å². The molecule has 2 N–H and O–H groups in total. The summed E-state index contributed by atoms with van der Waals surface area (Å²) in [6, 6.07) is 36.7. The minimum atomic E-state index is -1.46. The summed E-state index contributed by atoms with van der Waals surface area (Å²) < 4.78 is 16.6. The number of benzene rings is 3. The van der Waals surface area contributed by atoms with Crippen LogP contribution < -0.4 is 10.6 Å². The first-order valence-corrected chi connectivity index (χ1v) is 28.3. The Balaban J connectivity index is 1.30. The van der Waals surface area contributed by atoms with Crippen LogP contribution in [0.25, 0.3) is 0 Å². The maximum Gasteiger partial charge on any atom is 0.407 e. The number of thioether (sulfide) groups is 2. The lowest BCUT2D eigenvalue weighted by molar-refractivity contribution is -0.156. The van der Waals surface area contributed by atoms with Gasteiger partial charge in [-0.15, -0.1) is 23.5 Å². The first-order chi connectivity index (χ1) is 31.3. The maximum atomic E-state index is 14.1. The minimum absolute atomic E-state index is 0.152. The van der Waals surface area contributed by atoms with Crippen LogP contribution >= 0.6 is 23.5 Å². The second-order valence-corrected chi connectivity index (χ2v) is 27.0. The number of hydrogen-bond acceptors (Lipinski definition) is 11. The Morgan fingerprint density at radius 2 is 1.45 bits per heavy atom. The Hall–Kier alpha value is -5.18. The SMILES string of the molecule is CC(C)C(NC(=O)[C@]1(C)CSC(c2cccc(CNC(=O)OC(C)(C)C)n2)=N1)C(=O)OC(/C=C/CCSC(c1ccccc1)(c1ccccc1)c1ccccc1)CC(=O)OCC[Si](C)(C)C. The van der Waals surface area contributed by atoms with Gasteiger partial charge in [0.05, 0.1) is 35.7 Å². The van der Waals surface area contributed by atoms with Crippen LogP contribution in [0.4, 0.5) is 4.79 Å². The first-order valence-electron chi connectivity index (χ1n) is 22.6. The van der Waals surface area contributed by atoms with E-state index in [9.17, 15) is 19.2 Å². The van der Waals surface area contributed by atoms with E-state index in [4.69, 9.17) is 19.2 Å². The van der Waals surface area contributed by atoms with Gasteiger partial charge in [-0.2, -0.15) is 0 Å². The number of amides is 2. The predicted molar refractivity (Wildman–Crippen MR) is 271 cm³/mol. The largest absolute Gasteiger partial charge is 0.466 e. The Bertz CT molecular complexity index is 2200. The monoisotopic (exact) mass is 950 g/mol. The van der Waals surface area contributed by atoms with E-state index in [0.717, 1.165) is 22.7 Å². The van der Waals surface area contributed by atoms with Gasteiger partial charge in [-0.05, 0) is 86.7 Å². The van der Waals surface area contributed by atoms with Crippen LogP contribution in [0.2, 0.25) is 25.7 Å². The Kier molecular flexibility index (Phi) is 18.5. The number of pyridine rings is 1. The molecule has 3 atom stereocenters. The molecule has 4 aromatic rings. The molecule has 0 aliphatic carbocycles. The highest BCUT2D eigenvalue weighted by Gasteiger charge is 2.42. The number of nitrogens with zero attached hydrogens (tertiary/aromatic N) is 2. The van der Waals surface area contributed by atoms with Crippen molar-refractivity contribution in [1.82, 2.24) is 15.6 Å². The van der Waals surface area contributed by atoms with E-state index in [1.807, 2.05) is 56.0 Å². The summed E-state index contributed by atoms with van der Waals surface area (Å²) in [5.74, 6) is -0.852. The molecule has 2 amide bonds. The molecule has 0 radical (unpaired) electrons. The second-order valence-electron chi connectivity index (χ2n) is 19.1. The second kappa shape index (κ2) is 23.5. The third-order valence-electron chi connectivity index (χ3n) is 10.6. The molecule has 0 fully saturated rings. The molecule has 1 aliphatic heterocycles. The molecule has 3 aromatic carbocycles. The number of aliphatic imine (C=N–C) groups is 1. The van der Waals surface area contributed by atoms with E-state index in [2.05, 4.69) is 108 Å². The number of esters is 2. The smallest absolute Gasteiger partial charge is 0.407 e. The molecule has 0 saturated carbocycles. The van der Waals surface area contributed by atoms with Crippen LogP contribution in [0.5, 0.6) is 0 Å². The standard InChI is InChI=1S/C52H66N4O7S2Si/c1-37(2)45(55-48(59)51(6)36-64-46(56-51)43-30-21-28-41(54-43)35-53-49(60)63-50(3,4)5)47(58)62-42(34-44(57)61-31-33-66(7,8)9)29-19-20-32-65-52(38-22-13-10-14-23-38,39-24-15-11-16-25-39)40-26-17-12-18-27-40/h10-19,21-30,37,42,45H,20,31-36H2,1-9H3,(H,53,60)(H,55,59)/b29-19+/t42?,45?,51-/m0/s1. The van der Waals surface area contributed by atoms with Crippen molar-refractivity contribution in [2.45, 2.75) is 115 Å². The molecular formula is C52H66N4O7S2Si. The first kappa shape index (κ1) is 51.8. The minimum Gasteiger partial charge on any atom is -0.466 e. The van der Waals surface area contributed by atoms with Crippen molar-refractivity contribution in [2.75, 3.05) is 18.1 Å². The van der Waals surface area contributed by atoms with Crippen LogP contribution in [-0.4, -0.2) is 83.4 Å². The highest BCUT2D eigenvalue weighted by molar-refractivity contribution is 8.14. The summed E-state index contributed by atoms with van der Waals surface area (Å²) in [6.45, 7) is 17.9. The fourth-order valence-corrected chi connectivity index (χ4v) is 10.4. The van der Waals surface area contributed by atoms with Crippen LogP contribution in [0.1, 0.15) is 82.5 Å². The fourth-order valence-electron chi connectivity index (χ4n) is 7.08. The number of carbonyl (C=O) groups excluding carboxylic acids is 4. The Morgan fingerprint density at radius 3 is 2.00 bits per heavy atom. The van der Waals surface area contributed by atoms with E-state index in [-0.39, 0.29) is 18.9 Å². The predicted octanol–water partition coefficient (Wildman–Crippen LogP) is 10.4. The van der Waals surface area contributed by atoms with Gasteiger partial charge in [-0.25, -0.2) is 14.6 Å². The normalized spacial score (nSPS) is 16.3. The quantitative estimate of drug-likeness (QED) is 0.0207. The van der Waals surface area contributed by atoms with E-state index >= 15 is 0 Å². The zero-order valence-corrected chi connectivity index (χ0v) is 42.4. The molecule has 14 heteroatoms. The van der Waals surface area contributed by atoms with Crippen molar-refractivity contribution in [3.8, 4) is 0 Å². The number of ether oxygens (including phenoxy) is 3. The van der Waals surface area contributed by atoms with Crippen molar-refractivity contribution in [3.63, 3.8) is 0 Å². The Labute approximate surface area is 400 Å². The summed E-state index contributed by atoms with van der Waals surface area (Å²) in [5.41, 5.74) is 2.81. The van der Waals surface area contributed by atoms with Crippen molar-refractivity contribution in [3.05, 3.63) is 149 Å². The van der Waals surface area contributed by atoms with Crippen LogP contribution in [0.3, 0.4) is 0 Å². The zero-order chi connectivity index (χ0) is 48.0. The zero-order valence-electron chi connectivity index (χ0n) is 39.8. The highest BCUT2D eigenvalue weighted by atomic mass is 32.2. The molecule has 0 saturated heterocycles. The molecule has 0 bridgehead atoms. The van der Waals surface area contributed by atoms with Crippen molar-refractivity contribution < 1.29 is 33.4 Å². The highest BCUT2D eigenvalue weighted by Crippen LogP contribution is 2.48. The van der Waals surface area contributed by atoms with Crippen LogP contribution in [0.15, 0.2) is 126 Å². The van der Waals surface area contributed by atoms with Gasteiger partial charge in [0, 0.05) is 13.8 Å². The van der Waals surface area contributed by atoms with Gasteiger partial charge in [-0.1, -0.05) is 137 Å². The van der Waals surface area contributed by atoms with Gasteiger partial charge < -0.3 is 24.8 Å². The topological polar surface area (TPSA) is 145 Å². The van der Waals surface area contributed by atoms with Crippen LogP contribution in [-0.2, 0) is 39.9 Å². The lowest BCUT2D eigenvalue weighted by Crippen LogP contribution is -2.53. The molecule has 5 rings (SSSR count). The number of alkyl carbamates (subject to hydrolysis) is 1. The number of hydrogen-bond donors (Lipinski definition) is 2. The number of rotatable bonds is 21. The molecule has 1 aliphatic rings. The summed E-state index contributed by atoms with van der Waals surface area (Å²) in [7, 11) is -1.46. The molecule has 2 heterocycles. The van der Waals surface area contributed by atoms with Gasteiger partial charge in [-0.3, -0.25) is 14.6 Å². The number of carbonyl (C=O) groups is 4. The summed E-state index contributed by atoms with van der Waals surface area (Å²) in [4.78, 5) is 63.0. The molecule has 1 aromatic heterocycles. The molecule has 352 valence electrons. The van der Waals surface area contributed by atoms with Gasteiger partial charge in [0.25, 0.3) is 0 Å². The average Bonchev–Trinajstić information content (AvgIpc) is 3.69. The summed E-state index contributed by atoms with van der Waals surface area (Å²) >= 11 is 3.21. The number of nitrogens with one attached hydrogen (secondary N) is 2. The fraction of sp³-hybridized carbons (Fsp3) is 0.423. The van der Waals surface area contributed by atoms with Crippen molar-refractivity contribution in [1.29, 1.82) is 0 Å². The third kappa shape index (κ3) is 15.2. The summed E-state index contributed by atoms with van der Waals surface area (Å²) in [6.07, 6.45) is 2.71. The average molecular weight is 951 g/mol. The molecule has 11 nitrogen and oxygen atoms in total. The van der Waals surface area contributed by atoms with E-state index in [1.54, 1.807) is 45.9 Å². The number of aromatic nitrogens is 1. The molecule has 2 unspecified atom stereocenters. The Morgan fingerprint density at radius 1 is 0.864 bits per heavy atom. The lowest BCUT2D eigenvalue weighted by atomic mass is 9.84. The van der Waals surface area contributed by atoms with E-state index in [1.165, 1.54) is 11.8 Å². The third-order valence-corrected chi connectivity index (χ3v) is 15.2. The van der Waals surface area contributed by atoms with E-state index < -0.39 is 60.0 Å². The van der Waals surface area contributed by atoms with Crippen LogP contribution in [0, 0.1) is 5.92 Å². The maximum absolute atomic E-state index is 14.1. The lowest BCUT2D eigenvalue weighted by Gasteiger charge is -2.35. The van der Waals surface area contributed by atoms with Gasteiger partial charge in [0.2, 0.25) is 5.91 Å². The van der Waals surface area contributed by atoms with Crippen molar-refractivity contribution >= 4 is 60.6 Å². The molecule has 66 heavy (non-hydrogen) atoms. The molecular weight excluding hydrogens is 885 g/mol. The van der Waals surface area contributed by atoms with Gasteiger partial charge >= 0.3 is 18.0 Å². The molecule has 0 spiro atoms. The number of allylic oxidation sites excluding steroid dienone is 1.